The summed E-state index contributed by atoms with van der Waals surface area (Å²) in [7, 11) is 1.64. The summed E-state index contributed by atoms with van der Waals surface area (Å²) in [5, 5.41) is 20.3. The van der Waals surface area contributed by atoms with Gasteiger partial charge in [-0.1, -0.05) is 0 Å². The number of anilines is 3. The molecule has 0 radical (unpaired) electrons. The van der Waals surface area contributed by atoms with Gasteiger partial charge in [0.25, 0.3) is 11.5 Å². The van der Waals surface area contributed by atoms with E-state index >= 15 is 0 Å². The van der Waals surface area contributed by atoms with Crippen LogP contribution in [0.5, 0.6) is 0 Å². The summed E-state index contributed by atoms with van der Waals surface area (Å²) < 4.78 is 30.0. The average Bonchev–Trinajstić information content (AvgIpc) is 3.33. The Balaban J connectivity index is 1.53. The molecule has 0 bridgehead atoms. The summed E-state index contributed by atoms with van der Waals surface area (Å²) in [5.41, 5.74) is 0.259. The number of nitrogens with one attached hydrogen (secondary N) is 3. The van der Waals surface area contributed by atoms with E-state index in [1.165, 1.54) is 10.7 Å². The van der Waals surface area contributed by atoms with E-state index in [4.69, 9.17) is 0 Å². The first-order valence-corrected chi connectivity index (χ1v) is 10.4. The summed E-state index contributed by atoms with van der Waals surface area (Å²) in [6, 6.07) is 5.25. The van der Waals surface area contributed by atoms with Crippen molar-refractivity contribution >= 4 is 28.9 Å². The lowest BCUT2D eigenvalue weighted by Gasteiger charge is -2.12. The molecular formula is C21H19F2N9O2. The molecule has 1 aliphatic carbocycles. The predicted octanol–water partition coefficient (Wildman–Crippen LogP) is 1.74. The number of pyridine rings is 1. The third-order valence-corrected chi connectivity index (χ3v) is 5.28. The number of alkyl halides is 1. The van der Waals surface area contributed by atoms with E-state index in [1.54, 1.807) is 32.2 Å². The highest BCUT2D eigenvalue weighted by molar-refractivity contribution is 6.00. The van der Waals surface area contributed by atoms with Gasteiger partial charge in [-0.3, -0.25) is 14.2 Å². The van der Waals surface area contributed by atoms with Crippen molar-refractivity contribution in [3.63, 3.8) is 0 Å². The Kier molecular flexibility index (Phi) is 5.15. The van der Waals surface area contributed by atoms with E-state index in [9.17, 15) is 18.4 Å². The van der Waals surface area contributed by atoms with Gasteiger partial charge in [-0.2, -0.15) is 14.7 Å². The van der Waals surface area contributed by atoms with Gasteiger partial charge < -0.3 is 16.0 Å². The molecule has 0 aromatic carbocycles. The van der Waals surface area contributed by atoms with Gasteiger partial charge >= 0.3 is 0 Å². The number of halogens is 2. The van der Waals surface area contributed by atoms with Gasteiger partial charge in [0.1, 0.15) is 34.9 Å². The molecule has 0 saturated heterocycles. The van der Waals surface area contributed by atoms with Gasteiger partial charge in [0.15, 0.2) is 11.5 Å². The first-order chi connectivity index (χ1) is 16.3. The number of fused-ring (bicyclic) bond motifs is 1. The molecule has 5 rings (SSSR count). The van der Waals surface area contributed by atoms with Crippen LogP contribution in [0.15, 0.2) is 41.5 Å². The van der Waals surface area contributed by atoms with Gasteiger partial charge in [0.05, 0.1) is 24.1 Å². The van der Waals surface area contributed by atoms with Crippen molar-refractivity contribution in [3.05, 3.63) is 64.1 Å². The summed E-state index contributed by atoms with van der Waals surface area (Å²) >= 11 is 0. The quantitative estimate of drug-likeness (QED) is 0.391. The molecule has 0 spiro atoms. The van der Waals surface area contributed by atoms with Crippen LogP contribution in [0.1, 0.15) is 22.5 Å². The van der Waals surface area contributed by atoms with E-state index in [0.717, 1.165) is 16.8 Å². The summed E-state index contributed by atoms with van der Waals surface area (Å²) in [5.74, 6) is -0.446. The van der Waals surface area contributed by atoms with Gasteiger partial charge in [0.2, 0.25) is 0 Å². The number of aryl methyl sites for hydroxylation is 1. The van der Waals surface area contributed by atoms with Gasteiger partial charge in [-0.15, -0.1) is 5.10 Å². The highest BCUT2D eigenvalue weighted by Crippen LogP contribution is 2.26. The first-order valence-electron chi connectivity index (χ1n) is 10.4. The fourth-order valence-corrected chi connectivity index (χ4v) is 3.39. The van der Waals surface area contributed by atoms with Crippen LogP contribution < -0.4 is 21.5 Å². The van der Waals surface area contributed by atoms with Crippen molar-refractivity contribution in [2.24, 2.45) is 0 Å². The number of hydrogen-bond acceptors (Lipinski definition) is 8. The lowest BCUT2D eigenvalue weighted by Crippen LogP contribution is -2.27. The van der Waals surface area contributed by atoms with Crippen LogP contribution >= 0.6 is 0 Å². The second kappa shape index (κ2) is 8.17. The van der Waals surface area contributed by atoms with Crippen LogP contribution in [0, 0.1) is 12.7 Å². The largest absolute Gasteiger partial charge is 0.373 e. The zero-order valence-corrected chi connectivity index (χ0v) is 18.1. The highest BCUT2D eigenvalue weighted by Gasteiger charge is 2.39. The second-order valence-electron chi connectivity index (χ2n) is 7.81. The predicted molar refractivity (Wildman–Crippen MR) is 119 cm³/mol. The second-order valence-corrected chi connectivity index (χ2v) is 7.81. The van der Waals surface area contributed by atoms with Crippen LogP contribution in [0.3, 0.4) is 0 Å². The van der Waals surface area contributed by atoms with E-state index in [1.807, 2.05) is 0 Å². The fraction of sp³-hybridized carbons (Fsp3) is 0.238. The molecule has 0 aliphatic heterocycles. The molecule has 4 aromatic heterocycles. The molecule has 174 valence electrons. The number of carbonyl (C=O) groups excluding carboxylic acids is 1. The maximum atomic E-state index is 14.4. The minimum Gasteiger partial charge on any atom is -0.373 e. The molecule has 13 heteroatoms. The van der Waals surface area contributed by atoms with E-state index in [2.05, 4.69) is 36.2 Å². The van der Waals surface area contributed by atoms with E-state index < -0.39 is 29.5 Å². The lowest BCUT2D eigenvalue weighted by molar-refractivity contribution is 0.0949. The van der Waals surface area contributed by atoms with Crippen molar-refractivity contribution in [1.82, 2.24) is 34.7 Å². The van der Waals surface area contributed by atoms with Gasteiger partial charge in [-0.25, -0.2) is 13.8 Å². The number of aromatic nitrogens is 6. The number of amides is 1. The zero-order chi connectivity index (χ0) is 24.0. The Morgan fingerprint density at radius 2 is 2.03 bits per heavy atom. The summed E-state index contributed by atoms with van der Waals surface area (Å²) in [6.07, 6.45) is 1.54. The van der Waals surface area contributed by atoms with Crippen molar-refractivity contribution in [3.8, 4) is 5.82 Å². The Bertz CT molecular complexity index is 1470. The summed E-state index contributed by atoms with van der Waals surface area (Å²) in [6.45, 7) is 1.74. The SMILES string of the molecule is CNc1cc(Nc2cc(F)cn(-c3ccc(C)nn3)c2=O)nc2c(C(=O)N[C@@H]3C[C@@H]3F)cnn12. The van der Waals surface area contributed by atoms with Crippen LogP contribution in [-0.2, 0) is 0 Å². The minimum absolute atomic E-state index is 0.106. The zero-order valence-electron chi connectivity index (χ0n) is 18.1. The van der Waals surface area contributed by atoms with E-state index in [0.29, 0.717) is 11.5 Å². The highest BCUT2D eigenvalue weighted by atomic mass is 19.1. The number of rotatable bonds is 6. The third-order valence-electron chi connectivity index (χ3n) is 5.28. The van der Waals surface area contributed by atoms with Crippen LogP contribution in [0.4, 0.5) is 26.1 Å². The normalized spacial score (nSPS) is 16.9. The van der Waals surface area contributed by atoms with Crippen LogP contribution in [-0.4, -0.2) is 54.5 Å². The molecule has 1 aliphatic rings. The molecule has 3 N–H and O–H groups in total. The van der Waals surface area contributed by atoms with Crippen molar-refractivity contribution in [2.45, 2.75) is 25.6 Å². The molecule has 1 fully saturated rings. The van der Waals surface area contributed by atoms with Gasteiger partial charge in [-0.05, 0) is 19.1 Å². The van der Waals surface area contributed by atoms with Crippen LogP contribution in [0.2, 0.25) is 0 Å². The lowest BCUT2D eigenvalue weighted by atomic mass is 10.3. The van der Waals surface area contributed by atoms with Crippen molar-refractivity contribution in [1.29, 1.82) is 0 Å². The standard InChI is InChI=1S/C21H19F2N9O2/c1-10-3-4-17(30-29-10)31-9-11(22)5-15(21(31)34)26-16-7-18(24-2)32-19(28-16)12(8-25-32)20(33)27-14-6-13(14)23/h3-5,7-9,13-14,24H,6H2,1-2H3,(H,26,28)(H,27,33)/t13-,14+/m0/s1. The van der Waals surface area contributed by atoms with Crippen LogP contribution in [0.25, 0.3) is 11.5 Å². The minimum atomic E-state index is -1.06. The molecule has 34 heavy (non-hydrogen) atoms. The molecular weight excluding hydrogens is 448 g/mol. The number of hydrogen-bond donors (Lipinski definition) is 3. The smallest absolute Gasteiger partial charge is 0.280 e. The molecule has 2 atom stereocenters. The molecule has 1 saturated carbocycles. The Labute approximate surface area is 190 Å². The fourth-order valence-electron chi connectivity index (χ4n) is 3.39. The molecule has 11 nitrogen and oxygen atoms in total. The van der Waals surface area contributed by atoms with Crippen molar-refractivity contribution in [2.75, 3.05) is 17.7 Å². The Morgan fingerprint density at radius 3 is 2.71 bits per heavy atom. The molecule has 4 aromatic rings. The maximum Gasteiger partial charge on any atom is 0.280 e. The Morgan fingerprint density at radius 1 is 1.24 bits per heavy atom. The number of nitrogens with zero attached hydrogens (tertiary/aromatic N) is 6. The molecule has 0 unspecified atom stereocenters. The third kappa shape index (κ3) is 3.91. The summed E-state index contributed by atoms with van der Waals surface area (Å²) in [4.78, 5) is 30.0. The maximum absolute atomic E-state index is 14.4. The first kappa shape index (κ1) is 21.4. The monoisotopic (exact) mass is 467 g/mol. The molecule has 4 heterocycles. The number of carbonyl (C=O) groups is 1. The van der Waals surface area contributed by atoms with Crippen molar-refractivity contribution < 1.29 is 13.6 Å². The average molecular weight is 467 g/mol. The van der Waals surface area contributed by atoms with Gasteiger partial charge in [0, 0.05) is 25.6 Å². The molecule has 1 amide bonds. The Hall–Kier alpha value is -4.42. The topological polar surface area (TPSA) is 131 Å². The van der Waals surface area contributed by atoms with E-state index in [-0.39, 0.29) is 35.0 Å².